The molecule has 0 spiro atoms. The van der Waals surface area contributed by atoms with Crippen molar-refractivity contribution in [1.82, 2.24) is 4.57 Å². The number of fused-ring (bicyclic) bond motifs is 3. The number of nitrogens with zero attached hydrogens (tertiary/aromatic N) is 2. The van der Waals surface area contributed by atoms with Gasteiger partial charge in [-0.2, -0.15) is 9.13 Å². The van der Waals surface area contributed by atoms with Crippen molar-refractivity contribution in [3.05, 3.63) is 76.9 Å². The van der Waals surface area contributed by atoms with Crippen molar-refractivity contribution in [2.45, 2.75) is 89.9 Å². The Morgan fingerprint density at radius 3 is 2.22 bits per heavy atom. The maximum Gasteiger partial charge on any atom is 0.270 e. The average molecular weight is 427 g/mol. The van der Waals surface area contributed by atoms with Gasteiger partial charge in [-0.25, -0.2) is 0 Å². The fourth-order valence-corrected chi connectivity index (χ4v) is 6.89. The van der Waals surface area contributed by atoms with Crippen LogP contribution in [0.5, 0.6) is 0 Å². The van der Waals surface area contributed by atoms with E-state index in [1.807, 2.05) is 0 Å². The topological polar surface area (TPSA) is 8.81 Å². The Balaban J connectivity index is 1.67. The van der Waals surface area contributed by atoms with Crippen LogP contribution in [0.3, 0.4) is 0 Å². The lowest BCUT2D eigenvalue weighted by Gasteiger charge is -2.26. The van der Waals surface area contributed by atoms with E-state index in [-0.39, 0.29) is 0 Å². The quantitative estimate of drug-likeness (QED) is 0.385. The summed E-state index contributed by atoms with van der Waals surface area (Å²) in [6.07, 6.45) is 12.7. The summed E-state index contributed by atoms with van der Waals surface area (Å²) in [7, 11) is 0. The molecule has 3 aromatic rings. The third kappa shape index (κ3) is 3.10. The SMILES string of the molecule is [2H]C1(C2CCCCC2)c2ccccc2-n2c1c(C)[n+](-c1ccccc1C)c2C1CCCCC1. The summed E-state index contributed by atoms with van der Waals surface area (Å²) in [5, 5.41) is 0. The third-order valence-corrected chi connectivity index (χ3v) is 8.39. The van der Waals surface area contributed by atoms with Crippen LogP contribution in [0, 0.1) is 19.8 Å². The molecule has 3 aliphatic rings. The molecule has 0 bridgehead atoms. The molecule has 2 saturated carbocycles. The molecule has 2 heterocycles. The second-order valence-corrected chi connectivity index (χ2v) is 10.4. The molecular weight excluding hydrogens is 388 g/mol. The first kappa shape index (κ1) is 19.1. The van der Waals surface area contributed by atoms with Crippen LogP contribution in [0.2, 0.25) is 0 Å². The largest absolute Gasteiger partial charge is 0.270 e. The number of hydrogen-bond donors (Lipinski definition) is 0. The predicted molar refractivity (Wildman–Crippen MR) is 131 cm³/mol. The molecule has 0 N–H and O–H groups in total. The third-order valence-electron chi connectivity index (χ3n) is 8.39. The number of imidazole rings is 1. The van der Waals surface area contributed by atoms with Crippen molar-refractivity contribution in [3.8, 4) is 11.4 Å². The standard InChI is InChI=1S/C30H37N2/c1-21-13-9-11-19-26(21)31-22(2)29-28(23-14-5-3-6-15-23)25-18-10-12-20-27(25)32(29)30(31)24-16-7-4-8-17-24/h9-13,18-20,23-24,28H,3-8,14-17H2,1-2H3/q+1/i28D. The fourth-order valence-electron chi connectivity index (χ4n) is 6.89. The molecule has 166 valence electrons. The minimum absolute atomic E-state index is 0.395. The molecule has 6 rings (SSSR count). The van der Waals surface area contributed by atoms with Crippen LogP contribution in [0.1, 0.15) is 106 Å². The van der Waals surface area contributed by atoms with Gasteiger partial charge in [0.15, 0.2) is 5.69 Å². The van der Waals surface area contributed by atoms with Crippen LogP contribution in [-0.2, 0) is 0 Å². The summed E-state index contributed by atoms with van der Waals surface area (Å²) in [6.45, 7) is 4.53. The Morgan fingerprint density at radius 1 is 0.812 bits per heavy atom. The molecule has 0 radical (unpaired) electrons. The van der Waals surface area contributed by atoms with E-state index in [4.69, 9.17) is 0 Å². The summed E-state index contributed by atoms with van der Waals surface area (Å²) >= 11 is 0. The number of hydrogen-bond acceptors (Lipinski definition) is 0. The highest BCUT2D eigenvalue weighted by Crippen LogP contribution is 2.50. The molecule has 32 heavy (non-hydrogen) atoms. The molecule has 2 aromatic carbocycles. The molecule has 1 aromatic heterocycles. The average Bonchev–Trinajstić information content (AvgIpc) is 3.32. The van der Waals surface area contributed by atoms with E-state index in [1.54, 1.807) is 0 Å². The van der Waals surface area contributed by atoms with Crippen LogP contribution in [-0.4, -0.2) is 4.57 Å². The molecule has 2 aliphatic carbocycles. The van der Waals surface area contributed by atoms with Crippen molar-refractivity contribution in [1.29, 1.82) is 0 Å². The Hall–Kier alpha value is -2.35. The normalized spacial score (nSPS) is 24.2. The smallest absolute Gasteiger partial charge is 0.196 e. The predicted octanol–water partition coefficient (Wildman–Crippen LogP) is 7.44. The molecular formula is C30H37N2+. The number of benzene rings is 2. The van der Waals surface area contributed by atoms with E-state index in [0.29, 0.717) is 11.8 Å². The van der Waals surface area contributed by atoms with Crippen molar-refractivity contribution in [2.75, 3.05) is 0 Å². The van der Waals surface area contributed by atoms with Gasteiger partial charge in [0.2, 0.25) is 0 Å². The first-order chi connectivity index (χ1) is 16.1. The lowest BCUT2D eigenvalue weighted by atomic mass is 9.76. The summed E-state index contributed by atoms with van der Waals surface area (Å²) in [5.74, 6) is 1.71. The molecule has 2 heteroatoms. The van der Waals surface area contributed by atoms with E-state index in [2.05, 4.69) is 71.5 Å². The van der Waals surface area contributed by atoms with Gasteiger partial charge in [0, 0.05) is 13.9 Å². The summed E-state index contributed by atoms with van der Waals surface area (Å²) in [6, 6.07) is 17.7. The van der Waals surface area contributed by atoms with Gasteiger partial charge in [0.25, 0.3) is 5.82 Å². The highest BCUT2D eigenvalue weighted by Gasteiger charge is 2.47. The number of rotatable bonds is 3. The lowest BCUT2D eigenvalue weighted by molar-refractivity contribution is -0.613. The second kappa shape index (κ2) is 8.21. The Kier molecular flexibility index (Phi) is 4.91. The van der Waals surface area contributed by atoms with Gasteiger partial charge < -0.3 is 0 Å². The first-order valence-electron chi connectivity index (χ1n) is 13.5. The van der Waals surface area contributed by atoms with Crippen LogP contribution in [0.4, 0.5) is 0 Å². The molecule has 1 unspecified atom stereocenters. The monoisotopic (exact) mass is 426 g/mol. The van der Waals surface area contributed by atoms with Gasteiger partial charge >= 0.3 is 0 Å². The maximum absolute atomic E-state index is 10.2. The van der Waals surface area contributed by atoms with Crippen molar-refractivity contribution < 1.29 is 5.94 Å². The summed E-state index contributed by atoms with van der Waals surface area (Å²) in [4.78, 5) is 0. The molecule has 1 aliphatic heterocycles. The number of para-hydroxylation sites is 2. The minimum Gasteiger partial charge on any atom is -0.196 e. The highest BCUT2D eigenvalue weighted by molar-refractivity contribution is 5.56. The zero-order valence-electron chi connectivity index (χ0n) is 20.7. The summed E-state index contributed by atoms with van der Waals surface area (Å²) < 4.78 is 15.3. The van der Waals surface area contributed by atoms with E-state index in [9.17, 15) is 1.37 Å². The molecule has 0 amide bonds. The molecule has 2 nitrogen and oxygen atoms in total. The van der Waals surface area contributed by atoms with Crippen LogP contribution in [0.25, 0.3) is 11.4 Å². The van der Waals surface area contributed by atoms with Crippen molar-refractivity contribution >= 4 is 0 Å². The van der Waals surface area contributed by atoms with E-state index in [1.165, 1.54) is 104 Å². The van der Waals surface area contributed by atoms with Gasteiger partial charge in [-0.3, -0.25) is 0 Å². The van der Waals surface area contributed by atoms with Gasteiger partial charge in [0.05, 0.1) is 11.8 Å². The zero-order valence-corrected chi connectivity index (χ0v) is 19.7. The van der Waals surface area contributed by atoms with E-state index in [0.717, 1.165) is 0 Å². The van der Waals surface area contributed by atoms with E-state index < -0.39 is 5.89 Å². The number of aryl methyl sites for hydroxylation is 1. The fraction of sp³-hybridized carbons (Fsp3) is 0.500. The molecule has 2 fully saturated rings. The van der Waals surface area contributed by atoms with E-state index >= 15 is 0 Å². The van der Waals surface area contributed by atoms with Crippen molar-refractivity contribution in [3.63, 3.8) is 0 Å². The highest BCUT2D eigenvalue weighted by atomic mass is 15.2. The maximum atomic E-state index is 10.2. The first-order valence-corrected chi connectivity index (χ1v) is 13.0. The van der Waals surface area contributed by atoms with Crippen LogP contribution in [0.15, 0.2) is 48.5 Å². The van der Waals surface area contributed by atoms with Crippen LogP contribution >= 0.6 is 0 Å². The molecule has 0 saturated heterocycles. The number of aromatic nitrogens is 2. The van der Waals surface area contributed by atoms with Gasteiger partial charge in [-0.05, 0) is 56.2 Å². The van der Waals surface area contributed by atoms with Crippen LogP contribution < -0.4 is 4.57 Å². The molecule has 1 atom stereocenters. The minimum atomic E-state index is -0.654. The Labute approximate surface area is 194 Å². The Morgan fingerprint density at radius 2 is 1.47 bits per heavy atom. The van der Waals surface area contributed by atoms with Crippen molar-refractivity contribution in [2.24, 2.45) is 5.92 Å². The zero-order chi connectivity index (χ0) is 22.6. The van der Waals surface area contributed by atoms with Gasteiger partial charge in [-0.1, -0.05) is 74.9 Å². The van der Waals surface area contributed by atoms with Gasteiger partial charge in [0.1, 0.15) is 17.1 Å². The summed E-state index contributed by atoms with van der Waals surface area (Å²) in [5.41, 5.74) is 7.64. The van der Waals surface area contributed by atoms with Gasteiger partial charge in [-0.15, -0.1) is 0 Å². The Bertz CT molecular complexity index is 1180. The second-order valence-electron chi connectivity index (χ2n) is 10.4. The lowest BCUT2D eigenvalue weighted by Crippen LogP contribution is -2.40.